The van der Waals surface area contributed by atoms with Crippen molar-refractivity contribution in [2.75, 3.05) is 6.61 Å². The van der Waals surface area contributed by atoms with Crippen molar-refractivity contribution in [2.45, 2.75) is 40.0 Å². The van der Waals surface area contributed by atoms with Crippen LogP contribution in [0.25, 0.3) is 0 Å². The average molecular weight is 250 g/mol. The summed E-state index contributed by atoms with van der Waals surface area (Å²) in [5.74, 6) is 0.313. The minimum absolute atomic E-state index is 0.277. The molecule has 0 aliphatic rings. The van der Waals surface area contributed by atoms with Crippen LogP contribution in [0.4, 0.5) is 0 Å². The van der Waals surface area contributed by atoms with Gasteiger partial charge in [-0.05, 0) is 37.0 Å². The summed E-state index contributed by atoms with van der Waals surface area (Å²) in [5, 5.41) is 8.95. The molecule has 0 radical (unpaired) electrons. The molecule has 3 nitrogen and oxygen atoms in total. The van der Waals surface area contributed by atoms with E-state index in [1.165, 1.54) is 0 Å². The molecular formula is C15H22O3. The number of carbonyl (C=O) groups is 1. The van der Waals surface area contributed by atoms with Gasteiger partial charge in [-0.1, -0.05) is 32.8 Å². The smallest absolute Gasteiger partial charge is 0.335 e. The first-order chi connectivity index (χ1) is 8.58. The molecule has 0 saturated carbocycles. The molecule has 0 saturated heterocycles. The lowest BCUT2D eigenvalue weighted by Crippen LogP contribution is -2.12. The van der Waals surface area contributed by atoms with Crippen LogP contribution in [0.1, 0.15) is 49.0 Å². The third-order valence-corrected chi connectivity index (χ3v) is 3.18. The van der Waals surface area contributed by atoms with Gasteiger partial charge in [0.2, 0.25) is 0 Å². The van der Waals surface area contributed by atoms with Crippen LogP contribution in [-0.2, 0) is 0 Å². The van der Waals surface area contributed by atoms with E-state index < -0.39 is 5.97 Å². The van der Waals surface area contributed by atoms with E-state index in [4.69, 9.17) is 9.84 Å². The number of ether oxygens (including phenoxy) is 1. The SMILES string of the molecule is CCCC(CC)COc1cc(C(=O)O)ccc1C. The second-order valence-corrected chi connectivity index (χ2v) is 4.66. The molecule has 3 heteroatoms. The van der Waals surface area contributed by atoms with Crippen LogP contribution < -0.4 is 4.74 Å². The molecule has 0 aliphatic heterocycles. The second-order valence-electron chi connectivity index (χ2n) is 4.66. The van der Waals surface area contributed by atoms with Crippen molar-refractivity contribution in [3.8, 4) is 5.75 Å². The van der Waals surface area contributed by atoms with Gasteiger partial charge in [0.25, 0.3) is 0 Å². The van der Waals surface area contributed by atoms with Gasteiger partial charge in [-0.3, -0.25) is 0 Å². The largest absolute Gasteiger partial charge is 0.493 e. The van der Waals surface area contributed by atoms with E-state index in [0.717, 1.165) is 24.8 Å². The third-order valence-electron chi connectivity index (χ3n) is 3.18. The van der Waals surface area contributed by atoms with E-state index in [1.54, 1.807) is 18.2 Å². The van der Waals surface area contributed by atoms with E-state index >= 15 is 0 Å². The molecular weight excluding hydrogens is 228 g/mol. The number of rotatable bonds is 7. The lowest BCUT2D eigenvalue weighted by Gasteiger charge is -2.16. The number of benzene rings is 1. The van der Waals surface area contributed by atoms with Crippen LogP contribution in [-0.4, -0.2) is 17.7 Å². The number of carboxylic acids is 1. The summed E-state index contributed by atoms with van der Waals surface area (Å²) in [6.45, 7) is 6.92. The van der Waals surface area contributed by atoms with Crippen LogP contribution in [0.15, 0.2) is 18.2 Å². The van der Waals surface area contributed by atoms with Gasteiger partial charge >= 0.3 is 5.97 Å². The Bertz CT molecular complexity index is 399. The van der Waals surface area contributed by atoms with E-state index in [2.05, 4.69) is 13.8 Å². The summed E-state index contributed by atoms with van der Waals surface area (Å²) >= 11 is 0. The Morgan fingerprint density at radius 3 is 2.67 bits per heavy atom. The van der Waals surface area contributed by atoms with E-state index in [0.29, 0.717) is 18.3 Å². The van der Waals surface area contributed by atoms with Crippen molar-refractivity contribution < 1.29 is 14.6 Å². The average Bonchev–Trinajstić information content (AvgIpc) is 2.35. The number of hydrogen-bond donors (Lipinski definition) is 1. The van der Waals surface area contributed by atoms with Gasteiger partial charge in [-0.25, -0.2) is 4.79 Å². The second kappa shape index (κ2) is 7.04. The monoisotopic (exact) mass is 250 g/mol. The van der Waals surface area contributed by atoms with Crippen LogP contribution >= 0.6 is 0 Å². The molecule has 100 valence electrons. The maximum atomic E-state index is 10.9. The Kier molecular flexibility index (Phi) is 5.69. The number of aromatic carboxylic acids is 1. The number of carboxylic acid groups (broad SMARTS) is 1. The highest BCUT2D eigenvalue weighted by Gasteiger charge is 2.10. The zero-order chi connectivity index (χ0) is 13.5. The molecule has 1 rings (SSSR count). The fourth-order valence-electron chi connectivity index (χ4n) is 1.91. The topological polar surface area (TPSA) is 46.5 Å². The first kappa shape index (κ1) is 14.6. The van der Waals surface area contributed by atoms with Crippen LogP contribution in [0.2, 0.25) is 0 Å². The summed E-state index contributed by atoms with van der Waals surface area (Å²) < 4.78 is 5.77. The van der Waals surface area contributed by atoms with E-state index in [1.807, 2.05) is 6.92 Å². The zero-order valence-corrected chi connectivity index (χ0v) is 11.4. The summed E-state index contributed by atoms with van der Waals surface area (Å²) in [6, 6.07) is 5.00. The lowest BCUT2D eigenvalue weighted by atomic mass is 10.0. The molecule has 0 aromatic heterocycles. The van der Waals surface area contributed by atoms with Crippen LogP contribution in [0.5, 0.6) is 5.75 Å². The van der Waals surface area contributed by atoms with Gasteiger partial charge in [0, 0.05) is 0 Å². The van der Waals surface area contributed by atoms with Crippen LogP contribution in [0.3, 0.4) is 0 Å². The van der Waals surface area contributed by atoms with Crippen molar-refractivity contribution in [1.82, 2.24) is 0 Å². The Labute approximate surface area is 109 Å². The van der Waals surface area contributed by atoms with Crippen molar-refractivity contribution >= 4 is 5.97 Å². The predicted octanol–water partition coefficient (Wildman–Crippen LogP) is 3.90. The first-order valence-electron chi connectivity index (χ1n) is 6.55. The van der Waals surface area contributed by atoms with Crippen molar-refractivity contribution in [3.63, 3.8) is 0 Å². The standard InChI is InChI=1S/C15H22O3/c1-4-6-12(5-2)10-18-14-9-13(15(16)17)8-7-11(14)3/h7-9,12H,4-6,10H2,1-3H3,(H,16,17). The minimum Gasteiger partial charge on any atom is -0.493 e. The molecule has 0 heterocycles. The summed E-state index contributed by atoms with van der Waals surface area (Å²) in [7, 11) is 0. The normalized spacial score (nSPS) is 12.2. The Balaban J connectivity index is 2.71. The molecule has 1 aromatic carbocycles. The molecule has 0 amide bonds. The van der Waals surface area contributed by atoms with Gasteiger partial charge in [0.1, 0.15) is 5.75 Å². The number of hydrogen-bond acceptors (Lipinski definition) is 2. The highest BCUT2D eigenvalue weighted by Crippen LogP contribution is 2.21. The molecule has 0 aliphatic carbocycles. The fourth-order valence-corrected chi connectivity index (χ4v) is 1.91. The van der Waals surface area contributed by atoms with E-state index in [-0.39, 0.29) is 5.56 Å². The third kappa shape index (κ3) is 4.06. The summed E-state index contributed by atoms with van der Waals surface area (Å²) in [5.41, 5.74) is 1.26. The quantitative estimate of drug-likeness (QED) is 0.798. The maximum Gasteiger partial charge on any atom is 0.335 e. The minimum atomic E-state index is -0.916. The first-order valence-corrected chi connectivity index (χ1v) is 6.55. The van der Waals surface area contributed by atoms with Gasteiger partial charge in [-0.2, -0.15) is 0 Å². The van der Waals surface area contributed by atoms with Crippen LogP contribution in [0, 0.1) is 12.8 Å². The molecule has 0 bridgehead atoms. The predicted molar refractivity (Wildman–Crippen MR) is 72.3 cm³/mol. The van der Waals surface area contributed by atoms with E-state index in [9.17, 15) is 4.79 Å². The summed E-state index contributed by atoms with van der Waals surface area (Å²) in [4.78, 5) is 10.9. The molecule has 1 unspecified atom stereocenters. The van der Waals surface area contributed by atoms with Gasteiger partial charge in [0.05, 0.1) is 12.2 Å². The highest BCUT2D eigenvalue weighted by atomic mass is 16.5. The molecule has 0 spiro atoms. The zero-order valence-electron chi connectivity index (χ0n) is 11.4. The van der Waals surface area contributed by atoms with Crippen molar-refractivity contribution in [2.24, 2.45) is 5.92 Å². The summed E-state index contributed by atoms with van der Waals surface area (Å²) in [6.07, 6.45) is 3.38. The lowest BCUT2D eigenvalue weighted by molar-refractivity contribution is 0.0696. The van der Waals surface area contributed by atoms with Gasteiger partial charge in [-0.15, -0.1) is 0 Å². The Morgan fingerprint density at radius 1 is 1.39 bits per heavy atom. The fraction of sp³-hybridized carbons (Fsp3) is 0.533. The Hall–Kier alpha value is -1.51. The molecule has 1 atom stereocenters. The van der Waals surface area contributed by atoms with Crippen molar-refractivity contribution in [3.05, 3.63) is 29.3 Å². The van der Waals surface area contributed by atoms with Gasteiger partial charge in [0.15, 0.2) is 0 Å². The molecule has 18 heavy (non-hydrogen) atoms. The molecule has 1 aromatic rings. The maximum absolute atomic E-state index is 10.9. The van der Waals surface area contributed by atoms with Crippen molar-refractivity contribution in [1.29, 1.82) is 0 Å². The molecule has 0 fully saturated rings. The molecule has 1 N–H and O–H groups in total. The number of aryl methyl sites for hydroxylation is 1. The Morgan fingerprint density at radius 2 is 2.11 bits per heavy atom. The van der Waals surface area contributed by atoms with Gasteiger partial charge < -0.3 is 9.84 Å². The highest BCUT2D eigenvalue weighted by molar-refractivity contribution is 5.88.